The average molecular weight is 462 g/mol. The second kappa shape index (κ2) is 8.71. The summed E-state index contributed by atoms with van der Waals surface area (Å²) in [6.45, 7) is 4.37. The van der Waals surface area contributed by atoms with Crippen LogP contribution in [0.4, 0.5) is 11.4 Å². The maximum Gasteiger partial charge on any atom is 0.274 e. The molecule has 0 saturated heterocycles. The zero-order chi connectivity index (χ0) is 23.7. The van der Waals surface area contributed by atoms with Gasteiger partial charge in [-0.05, 0) is 19.9 Å². The lowest BCUT2D eigenvalue weighted by Gasteiger charge is -2.15. The normalized spacial score (nSPS) is 15.2. The first-order valence-corrected chi connectivity index (χ1v) is 11.5. The summed E-state index contributed by atoms with van der Waals surface area (Å²) in [5, 5.41) is 21.7. The molecule has 170 valence electrons. The molecule has 0 aromatic heterocycles. The van der Waals surface area contributed by atoms with Gasteiger partial charge in [-0.25, -0.2) is 0 Å². The molecule has 2 aromatic carbocycles. The molecule has 0 amide bonds. The van der Waals surface area contributed by atoms with Crippen molar-refractivity contribution in [3.05, 3.63) is 63.7 Å². The van der Waals surface area contributed by atoms with Crippen LogP contribution < -0.4 is 4.74 Å². The van der Waals surface area contributed by atoms with Crippen molar-refractivity contribution in [2.24, 2.45) is 0 Å². The molecular formula is C22H25N2O7S+. The first-order valence-electron chi connectivity index (χ1n) is 9.89. The Bertz CT molecular complexity index is 1230. The number of hydrogen-bond acceptors (Lipinski definition) is 6. The summed E-state index contributed by atoms with van der Waals surface area (Å²) < 4.78 is 38.5. The van der Waals surface area contributed by atoms with Gasteiger partial charge in [0.25, 0.3) is 15.8 Å². The molecule has 0 fully saturated rings. The molecule has 0 unspecified atom stereocenters. The van der Waals surface area contributed by atoms with Gasteiger partial charge < -0.3 is 9.84 Å². The highest BCUT2D eigenvalue weighted by Gasteiger charge is 2.43. The highest BCUT2D eigenvalue weighted by Crippen LogP contribution is 2.41. The van der Waals surface area contributed by atoms with E-state index in [9.17, 15) is 23.6 Å². The Balaban J connectivity index is 2.09. The van der Waals surface area contributed by atoms with E-state index in [-0.39, 0.29) is 34.9 Å². The van der Waals surface area contributed by atoms with Gasteiger partial charge in [-0.15, -0.1) is 0 Å². The van der Waals surface area contributed by atoms with Crippen molar-refractivity contribution < 1.29 is 32.3 Å². The Morgan fingerprint density at radius 3 is 2.53 bits per heavy atom. The largest absolute Gasteiger partial charge is 0.504 e. The molecular weight excluding hydrogens is 436 g/mol. The number of phenolic OH excluding ortho intramolecular Hbond substituents is 1. The van der Waals surface area contributed by atoms with E-state index in [0.717, 1.165) is 23.0 Å². The predicted octanol–water partition coefficient (Wildman–Crippen LogP) is 3.68. The first kappa shape index (κ1) is 23.4. The Morgan fingerprint density at radius 2 is 1.91 bits per heavy atom. The van der Waals surface area contributed by atoms with Crippen molar-refractivity contribution in [1.29, 1.82) is 0 Å². The number of para-hydroxylation sites is 1. The molecule has 0 bridgehead atoms. The third kappa shape index (κ3) is 4.66. The minimum atomic E-state index is -4.09. The Kier molecular flexibility index (Phi) is 6.38. The molecule has 1 aliphatic heterocycles. The van der Waals surface area contributed by atoms with Crippen LogP contribution in [-0.2, 0) is 15.5 Å². The molecule has 0 saturated carbocycles. The van der Waals surface area contributed by atoms with Crippen molar-refractivity contribution >= 4 is 33.3 Å². The summed E-state index contributed by atoms with van der Waals surface area (Å²) in [4.78, 5) is 10.7. The second-order valence-electron chi connectivity index (χ2n) is 7.99. The van der Waals surface area contributed by atoms with Crippen LogP contribution in [0.5, 0.6) is 11.5 Å². The van der Waals surface area contributed by atoms with Crippen LogP contribution in [0, 0.1) is 10.1 Å². The average Bonchev–Trinajstić information content (AvgIpc) is 2.93. The van der Waals surface area contributed by atoms with Gasteiger partial charge >= 0.3 is 0 Å². The molecule has 1 heterocycles. The fourth-order valence-corrected chi connectivity index (χ4v) is 4.45. The van der Waals surface area contributed by atoms with Crippen LogP contribution in [0.25, 0.3) is 6.08 Å². The van der Waals surface area contributed by atoms with E-state index >= 15 is 0 Å². The molecule has 2 N–H and O–H groups in total. The molecule has 9 nitrogen and oxygen atoms in total. The van der Waals surface area contributed by atoms with Crippen LogP contribution in [0.3, 0.4) is 0 Å². The summed E-state index contributed by atoms with van der Waals surface area (Å²) in [7, 11) is -2.77. The molecule has 32 heavy (non-hydrogen) atoms. The van der Waals surface area contributed by atoms with E-state index in [1.54, 1.807) is 12.2 Å². The van der Waals surface area contributed by atoms with Crippen LogP contribution in [0.1, 0.15) is 31.4 Å². The number of rotatable bonds is 8. The molecule has 1 aliphatic rings. The van der Waals surface area contributed by atoms with Crippen LogP contribution in [0.2, 0.25) is 0 Å². The number of benzene rings is 2. The molecule has 0 radical (unpaired) electrons. The highest BCUT2D eigenvalue weighted by atomic mass is 32.2. The van der Waals surface area contributed by atoms with Crippen molar-refractivity contribution in [2.75, 3.05) is 19.4 Å². The van der Waals surface area contributed by atoms with E-state index in [2.05, 4.69) is 0 Å². The van der Waals surface area contributed by atoms with Gasteiger partial charge in [0.05, 0.1) is 29.3 Å². The Hall–Kier alpha value is -3.24. The van der Waals surface area contributed by atoms with Crippen molar-refractivity contribution in [2.45, 2.75) is 25.7 Å². The minimum absolute atomic E-state index is 0.0113. The molecule has 0 spiro atoms. The SMILES string of the molecule is COc1cc([N+](=O)[O-])cc(/C=C/C2=[N+](CCCS(=O)(=O)O)c3ccccc3C2(C)C)c1O. The van der Waals surface area contributed by atoms with E-state index < -0.39 is 20.5 Å². The number of phenols is 1. The van der Waals surface area contributed by atoms with Gasteiger partial charge in [0, 0.05) is 35.8 Å². The van der Waals surface area contributed by atoms with Gasteiger partial charge in [0.15, 0.2) is 17.2 Å². The summed E-state index contributed by atoms with van der Waals surface area (Å²) in [5.74, 6) is -0.601. The van der Waals surface area contributed by atoms with Crippen molar-refractivity contribution in [3.63, 3.8) is 0 Å². The third-order valence-electron chi connectivity index (χ3n) is 5.52. The van der Waals surface area contributed by atoms with Crippen molar-refractivity contribution in [3.8, 4) is 11.5 Å². The van der Waals surface area contributed by atoms with Crippen LogP contribution >= 0.6 is 0 Å². The summed E-state index contributed by atoms with van der Waals surface area (Å²) in [6.07, 6.45) is 3.53. The van der Waals surface area contributed by atoms with Gasteiger partial charge in [-0.1, -0.05) is 18.2 Å². The van der Waals surface area contributed by atoms with Gasteiger partial charge in [0.1, 0.15) is 6.54 Å². The second-order valence-corrected chi connectivity index (χ2v) is 9.57. The maximum absolute atomic E-state index is 11.3. The van der Waals surface area contributed by atoms with E-state index in [0.29, 0.717) is 6.54 Å². The minimum Gasteiger partial charge on any atom is -0.504 e. The van der Waals surface area contributed by atoms with Gasteiger partial charge in [-0.2, -0.15) is 13.0 Å². The monoisotopic (exact) mass is 461 g/mol. The Labute approximate surface area is 186 Å². The smallest absolute Gasteiger partial charge is 0.274 e. The number of ether oxygens (including phenoxy) is 1. The number of methoxy groups -OCH3 is 1. The van der Waals surface area contributed by atoms with E-state index in [4.69, 9.17) is 9.29 Å². The number of nitro benzene ring substituents is 1. The molecule has 0 atom stereocenters. The molecule has 10 heteroatoms. The summed E-state index contributed by atoms with van der Waals surface area (Å²) in [5.41, 5.74) is 2.31. The lowest BCUT2D eigenvalue weighted by Crippen LogP contribution is -2.28. The Morgan fingerprint density at radius 1 is 1.22 bits per heavy atom. The number of non-ortho nitro benzene ring substituents is 1. The van der Waals surface area contributed by atoms with Gasteiger partial charge in [-0.3, -0.25) is 14.7 Å². The summed E-state index contributed by atoms with van der Waals surface area (Å²) in [6, 6.07) is 10.1. The number of hydrogen-bond donors (Lipinski definition) is 2. The number of allylic oxidation sites excluding steroid dienone is 1. The van der Waals surface area contributed by atoms with E-state index in [1.165, 1.54) is 13.2 Å². The third-order valence-corrected chi connectivity index (χ3v) is 6.33. The topological polar surface area (TPSA) is 130 Å². The number of aromatic hydroxyl groups is 1. The number of nitro groups is 1. The van der Waals surface area contributed by atoms with Crippen molar-refractivity contribution in [1.82, 2.24) is 0 Å². The number of nitrogens with zero attached hydrogens (tertiary/aromatic N) is 2. The summed E-state index contributed by atoms with van der Waals surface area (Å²) >= 11 is 0. The highest BCUT2D eigenvalue weighted by molar-refractivity contribution is 7.85. The fourth-order valence-electron chi connectivity index (χ4n) is 3.96. The molecule has 3 rings (SSSR count). The maximum atomic E-state index is 11.3. The standard InChI is InChI=1S/C22H24N2O7S/c1-22(2)17-7-4-5-8-18(17)23(11-6-12-32(28,29)30)20(22)10-9-15-13-16(24(26)27)14-19(31-3)21(15)25/h4-5,7-10,13-14H,6,11-12H2,1-3H3,(H,28,29,30)/p+1. The zero-order valence-corrected chi connectivity index (χ0v) is 18.8. The first-order chi connectivity index (χ1) is 15.0. The number of fused-ring (bicyclic) bond motifs is 1. The quantitative estimate of drug-likeness (QED) is 0.265. The zero-order valence-electron chi connectivity index (χ0n) is 18.0. The van der Waals surface area contributed by atoms with Crippen LogP contribution in [0.15, 0.2) is 42.5 Å². The predicted molar refractivity (Wildman–Crippen MR) is 121 cm³/mol. The fraction of sp³-hybridized carbons (Fsp3) is 0.318. The molecule has 2 aromatic rings. The lowest BCUT2D eigenvalue weighted by molar-refractivity contribution is -0.437. The van der Waals surface area contributed by atoms with Gasteiger partial charge in [0.2, 0.25) is 5.69 Å². The molecule has 0 aliphatic carbocycles. The van der Waals surface area contributed by atoms with E-state index in [1.807, 2.05) is 42.7 Å². The lowest BCUT2D eigenvalue weighted by atomic mass is 9.81. The van der Waals surface area contributed by atoms with Crippen LogP contribution in [-0.4, -0.2) is 52.7 Å².